The van der Waals surface area contributed by atoms with E-state index in [1.54, 1.807) is 11.3 Å². The summed E-state index contributed by atoms with van der Waals surface area (Å²) in [5.74, 6) is 0. The zero-order valence-electron chi connectivity index (χ0n) is 11.8. The molecule has 1 saturated carbocycles. The van der Waals surface area contributed by atoms with Crippen molar-refractivity contribution < 1.29 is 9.84 Å². The lowest BCUT2D eigenvalue weighted by Crippen LogP contribution is -2.33. The quantitative estimate of drug-likeness (QED) is 0.697. The van der Waals surface area contributed by atoms with Gasteiger partial charge in [-0.1, -0.05) is 19.3 Å². The third-order valence-corrected chi connectivity index (χ3v) is 5.32. The Kier molecular flexibility index (Phi) is 7.52. The molecule has 5 heteroatoms. The summed E-state index contributed by atoms with van der Waals surface area (Å²) < 4.78 is 6.94. The molecule has 0 aliphatic heterocycles. The van der Waals surface area contributed by atoms with Gasteiger partial charge in [-0.2, -0.15) is 0 Å². The van der Waals surface area contributed by atoms with Crippen molar-refractivity contribution >= 4 is 27.3 Å². The minimum absolute atomic E-state index is 0.377. The van der Waals surface area contributed by atoms with Gasteiger partial charge in [-0.05, 0) is 47.3 Å². The molecule has 0 spiro atoms. The van der Waals surface area contributed by atoms with Crippen LogP contribution >= 0.6 is 27.3 Å². The van der Waals surface area contributed by atoms with Gasteiger partial charge in [0.1, 0.15) is 0 Å². The Morgan fingerprint density at radius 2 is 2.15 bits per heavy atom. The summed E-state index contributed by atoms with van der Waals surface area (Å²) in [4.78, 5) is 1.36. The zero-order valence-corrected chi connectivity index (χ0v) is 14.2. The molecule has 114 valence electrons. The molecule has 1 aromatic heterocycles. The molecule has 1 aromatic rings. The maximum absolute atomic E-state index is 9.89. The Bertz CT molecular complexity index is 380. The van der Waals surface area contributed by atoms with E-state index in [1.165, 1.54) is 27.9 Å². The number of rotatable bonds is 8. The summed E-state index contributed by atoms with van der Waals surface area (Å²) >= 11 is 5.23. The summed E-state index contributed by atoms with van der Waals surface area (Å²) in [5.41, 5.74) is 0. The molecule has 1 unspecified atom stereocenters. The molecular formula is C15H24BrNO2S. The average Bonchev–Trinajstić information content (AvgIpc) is 2.88. The van der Waals surface area contributed by atoms with Crippen LogP contribution in [0.2, 0.25) is 0 Å². The molecule has 3 nitrogen and oxygen atoms in total. The van der Waals surface area contributed by atoms with Crippen LogP contribution in [0, 0.1) is 0 Å². The van der Waals surface area contributed by atoms with Crippen molar-refractivity contribution in [3.63, 3.8) is 0 Å². The highest BCUT2D eigenvalue weighted by molar-refractivity contribution is 9.11. The Morgan fingerprint density at radius 1 is 1.35 bits per heavy atom. The highest BCUT2D eigenvalue weighted by atomic mass is 79.9. The lowest BCUT2D eigenvalue weighted by molar-refractivity contribution is -0.0228. The van der Waals surface area contributed by atoms with Crippen LogP contribution in [0.15, 0.2) is 15.9 Å². The van der Waals surface area contributed by atoms with Crippen molar-refractivity contribution in [1.82, 2.24) is 5.32 Å². The molecular weight excluding hydrogens is 338 g/mol. The second-order valence-electron chi connectivity index (χ2n) is 5.41. The number of nitrogens with one attached hydrogen (secondary N) is 1. The number of ether oxygens (including phenoxy) is 1. The van der Waals surface area contributed by atoms with Gasteiger partial charge in [0.25, 0.3) is 0 Å². The van der Waals surface area contributed by atoms with Crippen molar-refractivity contribution in [2.45, 2.75) is 50.7 Å². The number of thiophene rings is 1. The van der Waals surface area contributed by atoms with Gasteiger partial charge < -0.3 is 15.2 Å². The molecule has 1 atom stereocenters. The number of hydrogen-bond donors (Lipinski definition) is 2. The Labute approximate surface area is 133 Å². The zero-order chi connectivity index (χ0) is 14.2. The molecule has 1 fully saturated rings. The van der Waals surface area contributed by atoms with Crippen LogP contribution < -0.4 is 5.32 Å². The largest absolute Gasteiger partial charge is 0.389 e. The predicted molar refractivity (Wildman–Crippen MR) is 87.4 cm³/mol. The molecule has 1 aliphatic carbocycles. The van der Waals surface area contributed by atoms with Crippen molar-refractivity contribution in [2.24, 2.45) is 0 Å². The van der Waals surface area contributed by atoms with E-state index in [0.29, 0.717) is 19.3 Å². The minimum Gasteiger partial charge on any atom is -0.389 e. The highest BCUT2D eigenvalue weighted by Crippen LogP contribution is 2.22. The van der Waals surface area contributed by atoms with Gasteiger partial charge in [0.2, 0.25) is 0 Å². The highest BCUT2D eigenvalue weighted by Gasteiger charge is 2.15. The lowest BCUT2D eigenvalue weighted by atomic mass is 9.98. The number of halogens is 1. The second-order valence-corrected chi connectivity index (χ2v) is 7.95. The van der Waals surface area contributed by atoms with Gasteiger partial charge in [0.15, 0.2) is 0 Å². The molecule has 1 heterocycles. The Balaban J connectivity index is 1.50. The van der Waals surface area contributed by atoms with Crippen molar-refractivity contribution in [3.05, 3.63) is 20.8 Å². The fraction of sp³-hybridized carbons (Fsp3) is 0.733. The maximum Gasteiger partial charge on any atom is 0.0897 e. The van der Waals surface area contributed by atoms with E-state index in [1.807, 2.05) is 0 Å². The molecule has 2 N–H and O–H groups in total. The van der Waals surface area contributed by atoms with Crippen LogP contribution in [-0.2, 0) is 11.2 Å². The molecule has 0 bridgehead atoms. The first-order valence-corrected chi connectivity index (χ1v) is 9.09. The van der Waals surface area contributed by atoms with E-state index < -0.39 is 6.10 Å². The third kappa shape index (κ3) is 6.22. The summed E-state index contributed by atoms with van der Waals surface area (Å²) in [6, 6.07) is 4.21. The van der Waals surface area contributed by atoms with Crippen molar-refractivity contribution in [1.29, 1.82) is 0 Å². The van der Waals surface area contributed by atoms with Crippen LogP contribution in [0.3, 0.4) is 0 Å². The van der Waals surface area contributed by atoms with Crippen molar-refractivity contribution in [2.75, 3.05) is 19.7 Å². The third-order valence-electron chi connectivity index (χ3n) is 3.63. The lowest BCUT2D eigenvalue weighted by Gasteiger charge is -2.23. The summed E-state index contributed by atoms with van der Waals surface area (Å²) in [5, 5.41) is 13.2. The molecule has 0 aromatic carbocycles. The monoisotopic (exact) mass is 361 g/mol. The number of aliphatic hydroxyl groups is 1. The Morgan fingerprint density at radius 3 is 2.85 bits per heavy atom. The average molecular weight is 362 g/mol. The van der Waals surface area contributed by atoms with Crippen LogP contribution in [0.1, 0.15) is 37.0 Å². The van der Waals surface area contributed by atoms with E-state index in [4.69, 9.17) is 4.74 Å². The van der Waals surface area contributed by atoms with Crippen LogP contribution in [0.5, 0.6) is 0 Å². The van der Waals surface area contributed by atoms with E-state index in [2.05, 4.69) is 33.4 Å². The normalized spacial score (nSPS) is 18.3. The molecule has 0 radical (unpaired) electrons. The van der Waals surface area contributed by atoms with Crippen LogP contribution in [-0.4, -0.2) is 37.0 Å². The summed E-state index contributed by atoms with van der Waals surface area (Å²) in [6.07, 6.45) is 7.19. The molecule has 20 heavy (non-hydrogen) atoms. The SMILES string of the molecule is OC(CNCCc1ccc(Br)s1)COC1CCCCC1. The van der Waals surface area contributed by atoms with Gasteiger partial charge in [0.05, 0.1) is 22.6 Å². The summed E-state index contributed by atoms with van der Waals surface area (Å²) in [7, 11) is 0. The molecule has 1 aliphatic rings. The number of hydrogen-bond acceptors (Lipinski definition) is 4. The molecule has 0 amide bonds. The van der Waals surface area contributed by atoms with E-state index in [9.17, 15) is 5.11 Å². The topological polar surface area (TPSA) is 41.5 Å². The predicted octanol–water partition coefficient (Wildman–Crippen LogP) is 3.35. The van der Waals surface area contributed by atoms with Gasteiger partial charge in [-0.15, -0.1) is 11.3 Å². The Hall–Kier alpha value is 0.0600. The van der Waals surface area contributed by atoms with Crippen LogP contribution in [0.4, 0.5) is 0 Å². The number of aliphatic hydroxyl groups excluding tert-OH is 1. The molecule has 2 rings (SSSR count). The summed E-state index contributed by atoms with van der Waals surface area (Å²) in [6.45, 7) is 1.97. The fourth-order valence-electron chi connectivity index (χ4n) is 2.50. The smallest absolute Gasteiger partial charge is 0.0897 e. The first-order chi connectivity index (χ1) is 9.74. The van der Waals surface area contributed by atoms with Gasteiger partial charge in [-0.25, -0.2) is 0 Å². The first kappa shape index (κ1) is 16.4. The fourth-order valence-corrected chi connectivity index (χ4v) is 3.99. The van der Waals surface area contributed by atoms with E-state index >= 15 is 0 Å². The maximum atomic E-state index is 9.89. The van der Waals surface area contributed by atoms with Gasteiger partial charge in [0, 0.05) is 18.0 Å². The second kappa shape index (κ2) is 9.15. The van der Waals surface area contributed by atoms with E-state index in [-0.39, 0.29) is 0 Å². The van der Waals surface area contributed by atoms with Gasteiger partial charge in [-0.3, -0.25) is 0 Å². The van der Waals surface area contributed by atoms with Gasteiger partial charge >= 0.3 is 0 Å². The molecule has 0 saturated heterocycles. The first-order valence-electron chi connectivity index (χ1n) is 7.48. The van der Waals surface area contributed by atoms with Crippen molar-refractivity contribution in [3.8, 4) is 0 Å². The standard InChI is InChI=1S/C15H24BrNO2S/c16-15-7-6-14(20-15)8-9-17-10-12(18)11-19-13-4-2-1-3-5-13/h6-7,12-13,17-18H,1-5,8-11H2. The van der Waals surface area contributed by atoms with E-state index in [0.717, 1.165) is 25.8 Å². The minimum atomic E-state index is -0.396. The van der Waals surface area contributed by atoms with Crippen LogP contribution in [0.25, 0.3) is 0 Å².